The molecule has 0 spiro atoms. The molecule has 1 heterocycles. The molecule has 1 unspecified atom stereocenters. The fourth-order valence-corrected chi connectivity index (χ4v) is 2.64. The number of anilines is 1. The summed E-state index contributed by atoms with van der Waals surface area (Å²) in [6, 6.07) is 7.54. The third-order valence-electron chi connectivity index (χ3n) is 2.99. The fourth-order valence-electron chi connectivity index (χ4n) is 1.87. The Balaban J connectivity index is 2.10. The molecule has 5 nitrogen and oxygen atoms in total. The van der Waals surface area contributed by atoms with E-state index >= 15 is 0 Å². The molecular formula is C15H16N2O3S. The van der Waals surface area contributed by atoms with Crippen molar-refractivity contribution in [2.45, 2.75) is 19.9 Å². The molecule has 0 saturated carbocycles. The van der Waals surface area contributed by atoms with Crippen molar-refractivity contribution in [3.05, 3.63) is 51.7 Å². The number of carboxylic acid groups (broad SMARTS) is 1. The molecule has 0 aliphatic rings. The van der Waals surface area contributed by atoms with E-state index < -0.39 is 18.0 Å². The maximum Gasteiger partial charge on any atom is 0.331 e. The molecule has 0 fully saturated rings. The van der Waals surface area contributed by atoms with Crippen LogP contribution in [0.3, 0.4) is 0 Å². The lowest BCUT2D eigenvalue weighted by Crippen LogP contribution is -2.36. The number of aryl methyl sites for hydroxylation is 2. The summed E-state index contributed by atoms with van der Waals surface area (Å²) < 4.78 is 0. The number of amides is 2. The largest absolute Gasteiger partial charge is 0.479 e. The Kier molecular flexibility index (Phi) is 4.59. The zero-order valence-corrected chi connectivity index (χ0v) is 12.5. The van der Waals surface area contributed by atoms with Gasteiger partial charge >= 0.3 is 12.0 Å². The van der Waals surface area contributed by atoms with Gasteiger partial charge < -0.3 is 15.7 Å². The molecule has 110 valence electrons. The predicted molar refractivity (Wildman–Crippen MR) is 82.8 cm³/mol. The number of carbonyl (C=O) groups excluding carboxylic acids is 1. The second-order valence-electron chi connectivity index (χ2n) is 4.70. The molecule has 2 amide bonds. The van der Waals surface area contributed by atoms with Crippen LogP contribution in [0, 0.1) is 13.8 Å². The van der Waals surface area contributed by atoms with Crippen molar-refractivity contribution >= 4 is 29.0 Å². The minimum absolute atomic E-state index is 0.537. The van der Waals surface area contributed by atoms with Gasteiger partial charge in [-0.2, -0.15) is 0 Å². The van der Waals surface area contributed by atoms with Crippen LogP contribution in [-0.2, 0) is 4.79 Å². The van der Waals surface area contributed by atoms with E-state index in [2.05, 4.69) is 10.6 Å². The number of hydrogen-bond acceptors (Lipinski definition) is 3. The van der Waals surface area contributed by atoms with Crippen molar-refractivity contribution in [3.63, 3.8) is 0 Å². The van der Waals surface area contributed by atoms with Crippen LogP contribution in [0.4, 0.5) is 10.5 Å². The molecule has 0 radical (unpaired) electrons. The Morgan fingerprint density at radius 3 is 2.62 bits per heavy atom. The van der Waals surface area contributed by atoms with E-state index in [9.17, 15) is 14.7 Å². The molecule has 1 aromatic carbocycles. The number of aliphatic carboxylic acids is 1. The third-order valence-corrected chi connectivity index (χ3v) is 3.93. The Bertz CT molecular complexity index is 653. The van der Waals surface area contributed by atoms with Crippen molar-refractivity contribution in [1.82, 2.24) is 5.32 Å². The van der Waals surface area contributed by atoms with Gasteiger partial charge in [-0.05, 0) is 42.5 Å². The zero-order chi connectivity index (χ0) is 15.4. The lowest BCUT2D eigenvalue weighted by Gasteiger charge is -2.15. The van der Waals surface area contributed by atoms with Crippen LogP contribution in [-0.4, -0.2) is 17.1 Å². The molecule has 1 atom stereocenters. The number of rotatable bonds is 4. The summed E-state index contributed by atoms with van der Waals surface area (Å²) in [4.78, 5) is 23.9. The van der Waals surface area contributed by atoms with Crippen LogP contribution < -0.4 is 10.6 Å². The minimum Gasteiger partial charge on any atom is -0.479 e. The van der Waals surface area contributed by atoms with Crippen molar-refractivity contribution in [2.75, 3.05) is 5.32 Å². The van der Waals surface area contributed by atoms with Crippen molar-refractivity contribution in [1.29, 1.82) is 0 Å². The summed E-state index contributed by atoms with van der Waals surface area (Å²) in [6.07, 6.45) is 0. The van der Waals surface area contributed by atoms with Crippen molar-refractivity contribution in [3.8, 4) is 0 Å². The first kappa shape index (κ1) is 15.1. The first-order valence-corrected chi connectivity index (χ1v) is 7.26. The van der Waals surface area contributed by atoms with Gasteiger partial charge in [0.15, 0.2) is 6.04 Å². The molecule has 0 bridgehead atoms. The lowest BCUT2D eigenvalue weighted by molar-refractivity contribution is -0.139. The number of benzene rings is 1. The van der Waals surface area contributed by atoms with Crippen LogP contribution in [0.1, 0.15) is 22.0 Å². The van der Waals surface area contributed by atoms with Gasteiger partial charge in [-0.25, -0.2) is 9.59 Å². The number of thiophene rings is 1. The van der Waals surface area contributed by atoms with E-state index in [1.807, 2.05) is 32.0 Å². The molecule has 21 heavy (non-hydrogen) atoms. The van der Waals surface area contributed by atoms with Crippen LogP contribution >= 0.6 is 11.3 Å². The molecule has 1 aromatic heterocycles. The average Bonchev–Trinajstić information content (AvgIpc) is 2.93. The van der Waals surface area contributed by atoms with E-state index in [0.29, 0.717) is 10.6 Å². The summed E-state index contributed by atoms with van der Waals surface area (Å²) in [6.45, 7) is 3.80. The van der Waals surface area contributed by atoms with Crippen LogP contribution in [0.25, 0.3) is 0 Å². The predicted octanol–water partition coefficient (Wildman–Crippen LogP) is 3.31. The Morgan fingerprint density at radius 2 is 2.00 bits per heavy atom. The summed E-state index contributed by atoms with van der Waals surface area (Å²) in [7, 11) is 0. The van der Waals surface area contributed by atoms with E-state index in [1.165, 1.54) is 11.3 Å². The van der Waals surface area contributed by atoms with Gasteiger partial charge in [0.2, 0.25) is 0 Å². The van der Waals surface area contributed by atoms with E-state index in [-0.39, 0.29) is 0 Å². The zero-order valence-electron chi connectivity index (χ0n) is 11.7. The van der Waals surface area contributed by atoms with E-state index in [0.717, 1.165) is 11.1 Å². The number of nitrogens with one attached hydrogen (secondary N) is 2. The highest BCUT2D eigenvalue weighted by molar-refractivity contribution is 7.10. The Labute approximate surface area is 126 Å². The van der Waals surface area contributed by atoms with Gasteiger partial charge in [-0.3, -0.25) is 0 Å². The third kappa shape index (κ3) is 3.82. The molecule has 0 aliphatic heterocycles. The average molecular weight is 304 g/mol. The second-order valence-corrected chi connectivity index (χ2v) is 5.68. The molecule has 0 aliphatic carbocycles. The van der Waals surface area contributed by atoms with Crippen molar-refractivity contribution < 1.29 is 14.7 Å². The SMILES string of the molecule is Cc1ccc(C)c(NC(=O)NC(C(=O)O)c2cccs2)c1. The number of carboxylic acids is 1. The smallest absolute Gasteiger partial charge is 0.331 e. The minimum atomic E-state index is -1.09. The van der Waals surface area contributed by atoms with Crippen molar-refractivity contribution in [2.24, 2.45) is 0 Å². The number of hydrogen-bond donors (Lipinski definition) is 3. The van der Waals surface area contributed by atoms with E-state index in [4.69, 9.17) is 0 Å². The van der Waals surface area contributed by atoms with Crippen LogP contribution in [0.2, 0.25) is 0 Å². The maximum atomic E-state index is 12.0. The summed E-state index contributed by atoms with van der Waals surface area (Å²) >= 11 is 1.29. The van der Waals surface area contributed by atoms with Gasteiger partial charge in [0, 0.05) is 10.6 Å². The summed E-state index contributed by atoms with van der Waals surface area (Å²) in [5.74, 6) is -1.09. The molecular weight excluding hydrogens is 288 g/mol. The molecule has 3 N–H and O–H groups in total. The highest BCUT2D eigenvalue weighted by Crippen LogP contribution is 2.20. The van der Waals surface area contributed by atoms with Gasteiger partial charge in [-0.1, -0.05) is 18.2 Å². The highest BCUT2D eigenvalue weighted by atomic mass is 32.1. The Hall–Kier alpha value is -2.34. The number of urea groups is 1. The Morgan fingerprint density at radius 1 is 1.24 bits per heavy atom. The standard InChI is InChI=1S/C15H16N2O3S/c1-9-5-6-10(2)11(8-9)16-15(20)17-13(14(18)19)12-4-3-7-21-12/h3-8,13H,1-2H3,(H,18,19)(H2,16,17,20). The fraction of sp³-hybridized carbons (Fsp3) is 0.200. The molecule has 6 heteroatoms. The molecule has 2 aromatic rings. The highest BCUT2D eigenvalue weighted by Gasteiger charge is 2.23. The lowest BCUT2D eigenvalue weighted by atomic mass is 10.1. The molecule has 0 saturated heterocycles. The maximum absolute atomic E-state index is 12.0. The summed E-state index contributed by atoms with van der Waals surface area (Å²) in [5.41, 5.74) is 2.60. The monoisotopic (exact) mass is 304 g/mol. The summed E-state index contributed by atoms with van der Waals surface area (Å²) in [5, 5.41) is 16.2. The quantitative estimate of drug-likeness (QED) is 0.811. The van der Waals surface area contributed by atoms with Gasteiger partial charge in [0.05, 0.1) is 0 Å². The first-order valence-electron chi connectivity index (χ1n) is 6.38. The van der Waals surface area contributed by atoms with Gasteiger partial charge in [0.25, 0.3) is 0 Å². The van der Waals surface area contributed by atoms with Gasteiger partial charge in [-0.15, -0.1) is 11.3 Å². The normalized spacial score (nSPS) is 11.7. The topological polar surface area (TPSA) is 78.4 Å². The first-order chi connectivity index (χ1) is 9.97. The second kappa shape index (κ2) is 6.41. The van der Waals surface area contributed by atoms with Gasteiger partial charge in [0.1, 0.15) is 0 Å². The van der Waals surface area contributed by atoms with Crippen LogP contribution in [0.15, 0.2) is 35.7 Å². The van der Waals surface area contributed by atoms with E-state index in [1.54, 1.807) is 17.5 Å². The number of carbonyl (C=O) groups is 2. The molecule has 2 rings (SSSR count). The van der Waals surface area contributed by atoms with Crippen LogP contribution in [0.5, 0.6) is 0 Å².